The summed E-state index contributed by atoms with van der Waals surface area (Å²) in [5.41, 5.74) is -0.105. The summed E-state index contributed by atoms with van der Waals surface area (Å²) in [7, 11) is 1.41. The molecular weight excluding hydrogens is 412 g/mol. The summed E-state index contributed by atoms with van der Waals surface area (Å²) in [4.78, 5) is 48.2. The Hall–Kier alpha value is -3.82. The number of ketones is 1. The summed E-state index contributed by atoms with van der Waals surface area (Å²) in [5.74, 6) is -2.08. The van der Waals surface area contributed by atoms with E-state index in [9.17, 15) is 19.2 Å². The number of ether oxygens (including phenoxy) is 4. The van der Waals surface area contributed by atoms with E-state index >= 15 is 0 Å². The molecule has 3 heterocycles. The molecule has 1 N–H and O–H groups in total. The molecule has 0 amide bonds. The van der Waals surface area contributed by atoms with Gasteiger partial charge in [0.05, 0.1) is 49.5 Å². The number of carbonyl (C=O) groups is 3. The van der Waals surface area contributed by atoms with E-state index in [2.05, 4.69) is 0 Å². The van der Waals surface area contributed by atoms with Crippen LogP contribution < -0.4 is 15.1 Å². The lowest BCUT2D eigenvalue weighted by atomic mass is 9.95. The van der Waals surface area contributed by atoms with Gasteiger partial charge in [-0.2, -0.15) is 0 Å². The Balaban J connectivity index is 1.69. The highest BCUT2D eigenvalue weighted by molar-refractivity contribution is 6.07. The molecule has 5 rings (SSSR count). The second-order valence-electron chi connectivity index (χ2n) is 7.35. The summed E-state index contributed by atoms with van der Waals surface area (Å²) < 4.78 is 27.6. The Labute approximate surface area is 173 Å². The fraction of sp³-hybridized carbons (Fsp3) is 0.333. The number of methoxy groups -OCH3 is 1. The number of carboxylic acid groups (broad SMARTS) is 1. The Bertz CT molecular complexity index is 1240. The van der Waals surface area contributed by atoms with Crippen LogP contribution in [0.15, 0.2) is 27.6 Å². The van der Waals surface area contributed by atoms with Crippen LogP contribution in [-0.2, 0) is 19.1 Å². The van der Waals surface area contributed by atoms with Gasteiger partial charge < -0.3 is 28.5 Å². The van der Waals surface area contributed by atoms with Gasteiger partial charge in [0.25, 0.3) is 6.29 Å². The zero-order chi connectivity index (χ0) is 21.9. The lowest BCUT2D eigenvalue weighted by Gasteiger charge is -2.17. The number of carboxylic acids is 1. The van der Waals surface area contributed by atoms with Crippen molar-refractivity contribution in [1.29, 1.82) is 0 Å². The Morgan fingerprint density at radius 3 is 2.77 bits per heavy atom. The zero-order valence-corrected chi connectivity index (χ0v) is 16.2. The molecule has 0 radical (unpaired) electrons. The fourth-order valence-electron chi connectivity index (χ4n) is 4.27. The number of benzene rings is 1. The molecule has 1 aliphatic carbocycles. The van der Waals surface area contributed by atoms with Crippen molar-refractivity contribution in [3.8, 4) is 11.5 Å². The summed E-state index contributed by atoms with van der Waals surface area (Å²) in [5, 5.41) is 9.11. The second-order valence-corrected chi connectivity index (χ2v) is 7.35. The van der Waals surface area contributed by atoms with Crippen LogP contribution in [0.25, 0.3) is 11.0 Å². The van der Waals surface area contributed by atoms with Crippen molar-refractivity contribution in [3.63, 3.8) is 0 Å². The molecule has 10 nitrogen and oxygen atoms in total. The average molecular weight is 428 g/mol. The predicted molar refractivity (Wildman–Crippen MR) is 101 cm³/mol. The summed E-state index contributed by atoms with van der Waals surface area (Å²) in [6.45, 7) is 0. The maximum absolute atomic E-state index is 12.7. The van der Waals surface area contributed by atoms with Crippen LogP contribution in [-0.4, -0.2) is 36.2 Å². The molecule has 160 valence electrons. The lowest BCUT2D eigenvalue weighted by Crippen LogP contribution is -2.15. The molecule has 0 spiro atoms. The predicted octanol–water partition coefficient (Wildman–Crippen LogP) is 2.18. The number of fused-ring (bicyclic) bond motifs is 7. The lowest BCUT2D eigenvalue weighted by molar-refractivity contribution is -0.152. The molecule has 0 fully saturated rings. The highest BCUT2D eigenvalue weighted by Gasteiger charge is 2.44. The molecule has 0 bridgehead atoms. The van der Waals surface area contributed by atoms with Crippen LogP contribution in [0.4, 0.5) is 0 Å². The van der Waals surface area contributed by atoms with Crippen molar-refractivity contribution in [3.05, 3.63) is 45.5 Å². The highest BCUT2D eigenvalue weighted by Crippen LogP contribution is 2.51. The molecule has 1 aromatic carbocycles. The number of hydrogen-bond acceptors (Lipinski definition) is 9. The smallest absolute Gasteiger partial charge is 0.347 e. The number of aliphatic carboxylic acids is 1. The van der Waals surface area contributed by atoms with E-state index in [-0.39, 0.29) is 41.2 Å². The highest BCUT2D eigenvalue weighted by atomic mass is 16.7. The van der Waals surface area contributed by atoms with Crippen LogP contribution in [0.5, 0.6) is 11.5 Å². The van der Waals surface area contributed by atoms with Crippen molar-refractivity contribution in [2.75, 3.05) is 7.11 Å². The maximum Gasteiger partial charge on any atom is 0.347 e. The molecule has 1 aromatic heterocycles. The zero-order valence-electron chi connectivity index (χ0n) is 16.2. The molecule has 0 unspecified atom stereocenters. The van der Waals surface area contributed by atoms with E-state index < -0.39 is 42.2 Å². The quantitative estimate of drug-likeness (QED) is 0.557. The van der Waals surface area contributed by atoms with Gasteiger partial charge >= 0.3 is 17.6 Å². The van der Waals surface area contributed by atoms with Gasteiger partial charge in [-0.3, -0.25) is 14.4 Å². The first kappa shape index (κ1) is 19.2. The largest absolute Gasteiger partial charge is 0.496 e. The Morgan fingerprint density at radius 1 is 1.23 bits per heavy atom. The molecule has 3 atom stereocenters. The van der Waals surface area contributed by atoms with Crippen LogP contribution in [0.1, 0.15) is 52.8 Å². The fourth-order valence-corrected chi connectivity index (χ4v) is 4.27. The minimum atomic E-state index is -1.15. The van der Waals surface area contributed by atoms with Crippen LogP contribution >= 0.6 is 0 Å². The molecular formula is C21H16O10. The third kappa shape index (κ3) is 2.86. The first-order valence-electron chi connectivity index (χ1n) is 9.54. The van der Waals surface area contributed by atoms with E-state index in [4.69, 9.17) is 28.5 Å². The minimum Gasteiger partial charge on any atom is -0.496 e. The Kier molecular flexibility index (Phi) is 4.24. The van der Waals surface area contributed by atoms with E-state index in [1.807, 2.05) is 0 Å². The van der Waals surface area contributed by atoms with Gasteiger partial charge in [-0.25, -0.2) is 4.79 Å². The normalized spacial score (nSPS) is 22.5. The summed E-state index contributed by atoms with van der Waals surface area (Å²) >= 11 is 0. The SMILES string of the molecule is COc1cc2c(c3oc(=O)c4c(c13)[C@@H](OC(=O)CCC(=O)O)CC4=O)[C@H]1C=CO[C@@H]1O2. The third-order valence-corrected chi connectivity index (χ3v) is 5.56. The van der Waals surface area contributed by atoms with E-state index in [1.165, 1.54) is 13.4 Å². The summed E-state index contributed by atoms with van der Waals surface area (Å²) in [6.07, 6.45) is 0.588. The Morgan fingerprint density at radius 2 is 2.03 bits per heavy atom. The van der Waals surface area contributed by atoms with Gasteiger partial charge in [0.2, 0.25) is 0 Å². The first-order chi connectivity index (χ1) is 14.9. The number of esters is 1. The van der Waals surface area contributed by atoms with Crippen molar-refractivity contribution in [2.24, 2.45) is 0 Å². The van der Waals surface area contributed by atoms with Crippen LogP contribution in [0.2, 0.25) is 0 Å². The molecule has 3 aliphatic rings. The van der Waals surface area contributed by atoms with Gasteiger partial charge in [-0.1, -0.05) is 0 Å². The van der Waals surface area contributed by atoms with Crippen molar-refractivity contribution in [2.45, 2.75) is 37.6 Å². The standard InChI is InChI=1S/C21H16O10/c1-27-10-7-12-15(8-4-5-28-21(8)30-12)19-18(10)17-11(29-14(25)3-2-13(23)24)6-9(22)16(17)20(26)31-19/h4-5,7-8,11,21H,2-3,6H2,1H3,(H,23,24)/t8-,11+,21-/m1/s1. The van der Waals surface area contributed by atoms with Crippen molar-refractivity contribution < 1.29 is 42.9 Å². The topological polar surface area (TPSA) is 139 Å². The molecule has 31 heavy (non-hydrogen) atoms. The monoisotopic (exact) mass is 428 g/mol. The van der Waals surface area contributed by atoms with Crippen LogP contribution in [0.3, 0.4) is 0 Å². The molecule has 2 aromatic rings. The van der Waals surface area contributed by atoms with E-state index in [1.54, 1.807) is 12.1 Å². The van der Waals surface area contributed by atoms with Crippen molar-refractivity contribution in [1.82, 2.24) is 0 Å². The molecule has 2 aliphatic heterocycles. The first-order valence-corrected chi connectivity index (χ1v) is 9.54. The van der Waals surface area contributed by atoms with Crippen LogP contribution in [0, 0.1) is 0 Å². The van der Waals surface area contributed by atoms with E-state index in [0.29, 0.717) is 16.7 Å². The number of rotatable bonds is 5. The number of hydrogen-bond donors (Lipinski definition) is 1. The van der Waals surface area contributed by atoms with Gasteiger partial charge in [-0.15, -0.1) is 0 Å². The maximum atomic E-state index is 12.7. The van der Waals surface area contributed by atoms with Gasteiger partial charge in [0.15, 0.2) is 5.78 Å². The number of Topliss-reactive ketones (excluding diaryl/α,β-unsaturated/α-hetero) is 1. The second kappa shape index (κ2) is 6.86. The minimum absolute atomic E-state index is 0.169. The third-order valence-electron chi connectivity index (χ3n) is 5.56. The number of carbonyl (C=O) groups excluding carboxylic acids is 2. The molecule has 10 heteroatoms. The van der Waals surface area contributed by atoms with Gasteiger partial charge in [-0.05, 0) is 6.08 Å². The van der Waals surface area contributed by atoms with E-state index in [0.717, 1.165) is 0 Å². The average Bonchev–Trinajstić information content (AvgIpc) is 3.39. The molecule has 0 saturated carbocycles. The van der Waals surface area contributed by atoms with Crippen molar-refractivity contribution >= 4 is 28.7 Å². The molecule has 0 saturated heterocycles. The summed E-state index contributed by atoms with van der Waals surface area (Å²) in [6, 6.07) is 1.61. The van der Waals surface area contributed by atoms with Gasteiger partial charge in [0, 0.05) is 11.6 Å². The van der Waals surface area contributed by atoms with Gasteiger partial charge in [0.1, 0.15) is 28.7 Å².